The van der Waals surface area contributed by atoms with Crippen molar-refractivity contribution >= 4 is 82.9 Å². The highest BCUT2D eigenvalue weighted by atomic mass is 32.2. The third kappa shape index (κ3) is 14.0. The van der Waals surface area contributed by atoms with Gasteiger partial charge in [-0.25, -0.2) is 29.9 Å². The SMILES string of the molecule is CCN1CCN(C(=O)N[C@H](C(=O)N[C@@H]2C(=O)N3C(C(=O)OC(c4ccccc4)c4ccccc4)=C(CSc4nnnn4C)CS[C@H]23)c2ccc(N(N)C(=O)OC[C@H](C(=O)OC(c3ccccc3)c3ccccc3)C(=O)OC(C)(C)C)cc2)C(=O)C1=O. The van der Waals surface area contributed by atoms with E-state index in [9.17, 15) is 43.2 Å². The van der Waals surface area contributed by atoms with E-state index in [1.54, 1.807) is 95.4 Å². The number of benzene rings is 5. The lowest BCUT2D eigenvalue weighted by molar-refractivity contribution is -0.172. The van der Waals surface area contributed by atoms with Crippen LogP contribution in [0.15, 0.2) is 162 Å². The van der Waals surface area contributed by atoms with E-state index < -0.39 is 101 Å². The molecule has 5 aromatic carbocycles. The van der Waals surface area contributed by atoms with Gasteiger partial charge in [0.1, 0.15) is 35.4 Å². The Kier molecular flexibility index (Phi) is 19.3. The number of anilines is 1. The van der Waals surface area contributed by atoms with Gasteiger partial charge >= 0.3 is 41.8 Å². The molecular weight excluding hydrogens is 1150 g/mol. The van der Waals surface area contributed by atoms with E-state index in [-0.39, 0.29) is 48.1 Å². The van der Waals surface area contributed by atoms with Gasteiger partial charge in [-0.2, -0.15) is 0 Å². The van der Waals surface area contributed by atoms with Crippen LogP contribution >= 0.6 is 23.5 Å². The molecule has 2 fully saturated rings. The molecule has 0 spiro atoms. The number of nitrogens with zero attached hydrogens (tertiary/aromatic N) is 8. The number of amides is 7. The predicted molar refractivity (Wildman–Crippen MR) is 312 cm³/mol. The highest BCUT2D eigenvalue weighted by Gasteiger charge is 2.55. The molecule has 0 radical (unpaired) electrons. The quantitative estimate of drug-likeness (QED) is 0.00973. The number of nitrogens with one attached hydrogen (secondary N) is 2. The first-order chi connectivity index (χ1) is 41.3. The van der Waals surface area contributed by atoms with Gasteiger partial charge in [-0.3, -0.25) is 38.6 Å². The Labute approximate surface area is 502 Å². The lowest BCUT2D eigenvalue weighted by Gasteiger charge is -2.50. The lowest BCUT2D eigenvalue weighted by atomic mass is 10.00. The molecule has 1 aromatic heterocycles. The number of piperazine rings is 1. The Balaban J connectivity index is 0.944. The highest BCUT2D eigenvalue weighted by molar-refractivity contribution is 8.01. The highest BCUT2D eigenvalue weighted by Crippen LogP contribution is 2.43. The van der Waals surface area contributed by atoms with E-state index in [0.29, 0.717) is 42.9 Å². The minimum absolute atomic E-state index is 0.0245. The number of β-lactam (4-membered cyclic amide) rings is 1. The van der Waals surface area contributed by atoms with Crippen molar-refractivity contribution in [2.75, 3.05) is 42.8 Å². The Morgan fingerprint density at radius 1 is 0.744 bits per heavy atom. The number of ether oxygens (including phenoxy) is 4. The largest absolute Gasteiger partial charge is 0.459 e. The van der Waals surface area contributed by atoms with E-state index in [1.165, 1.54) is 62.3 Å². The van der Waals surface area contributed by atoms with Gasteiger partial charge in [-0.05, 0) is 83.6 Å². The molecule has 24 nitrogen and oxygen atoms in total. The maximum atomic E-state index is 14.7. The van der Waals surface area contributed by atoms with E-state index in [0.717, 1.165) is 0 Å². The van der Waals surface area contributed by atoms with Crippen LogP contribution in [0.2, 0.25) is 0 Å². The van der Waals surface area contributed by atoms with Gasteiger partial charge in [0, 0.05) is 38.2 Å². The van der Waals surface area contributed by atoms with Crippen LogP contribution in [0.4, 0.5) is 15.3 Å². The van der Waals surface area contributed by atoms with Crippen LogP contribution in [0.3, 0.4) is 0 Å². The van der Waals surface area contributed by atoms with Crippen molar-refractivity contribution in [3.8, 4) is 0 Å². The van der Waals surface area contributed by atoms with Gasteiger partial charge in [-0.1, -0.05) is 145 Å². The lowest BCUT2D eigenvalue weighted by Crippen LogP contribution is -2.71. The summed E-state index contributed by atoms with van der Waals surface area (Å²) in [6, 6.07) is 37.1. The van der Waals surface area contributed by atoms with Crippen molar-refractivity contribution in [2.24, 2.45) is 18.8 Å². The van der Waals surface area contributed by atoms with Gasteiger partial charge in [0.2, 0.25) is 11.1 Å². The fraction of sp³-hybridized carbons (Fsp3) is 0.300. The van der Waals surface area contributed by atoms with E-state index in [2.05, 4.69) is 26.2 Å². The molecular formula is C60H61N11O13S2. The molecule has 0 aliphatic carbocycles. The molecule has 3 aliphatic rings. The number of hydrogen-bond donors (Lipinski definition) is 3. The van der Waals surface area contributed by atoms with Crippen molar-refractivity contribution < 1.29 is 62.1 Å². The first-order valence-electron chi connectivity index (χ1n) is 27.2. The Morgan fingerprint density at radius 2 is 1.30 bits per heavy atom. The molecule has 0 saturated carbocycles. The van der Waals surface area contributed by atoms with Crippen molar-refractivity contribution in [1.29, 1.82) is 0 Å². The number of rotatable bonds is 20. The second-order valence-corrected chi connectivity index (χ2v) is 22.9. The molecule has 2 saturated heterocycles. The fourth-order valence-electron chi connectivity index (χ4n) is 9.48. The summed E-state index contributed by atoms with van der Waals surface area (Å²) in [5.41, 5.74) is 2.04. The number of esters is 3. The van der Waals surface area contributed by atoms with Gasteiger partial charge < -0.3 is 34.5 Å². The maximum absolute atomic E-state index is 14.7. The topological polar surface area (TPSA) is 297 Å². The molecule has 446 valence electrons. The normalized spacial score (nSPS) is 16.6. The van der Waals surface area contributed by atoms with Crippen LogP contribution in [0.5, 0.6) is 0 Å². The van der Waals surface area contributed by atoms with Gasteiger partial charge in [-0.15, -0.1) is 16.9 Å². The number of hydrazine groups is 1. The fourth-order valence-corrected chi connectivity index (χ4v) is 11.8. The number of thioether (sulfide) groups is 2. The summed E-state index contributed by atoms with van der Waals surface area (Å²) in [5.74, 6) is -1.63. The average molecular weight is 1210 g/mol. The zero-order valence-electron chi connectivity index (χ0n) is 47.3. The number of imide groups is 1. The van der Waals surface area contributed by atoms with Crippen LogP contribution in [0.1, 0.15) is 73.8 Å². The number of aryl methyl sites for hydroxylation is 1. The number of tetrazole rings is 1. The molecule has 4 heterocycles. The van der Waals surface area contributed by atoms with Crippen molar-refractivity contribution in [3.05, 3.63) is 185 Å². The molecule has 0 bridgehead atoms. The van der Waals surface area contributed by atoms with Crippen LogP contribution < -0.4 is 21.5 Å². The zero-order chi connectivity index (χ0) is 61.2. The molecule has 4 N–H and O–H groups in total. The van der Waals surface area contributed by atoms with Crippen molar-refractivity contribution in [2.45, 2.75) is 68.1 Å². The minimum atomic E-state index is -1.77. The first kappa shape index (κ1) is 61.2. The van der Waals surface area contributed by atoms with Gasteiger partial charge in [0.15, 0.2) is 18.1 Å². The molecule has 86 heavy (non-hydrogen) atoms. The summed E-state index contributed by atoms with van der Waals surface area (Å²) < 4.78 is 24.8. The van der Waals surface area contributed by atoms with Crippen LogP contribution in [0.25, 0.3) is 0 Å². The molecule has 4 atom stereocenters. The number of hydrogen-bond acceptors (Lipinski definition) is 19. The van der Waals surface area contributed by atoms with E-state index in [1.807, 2.05) is 60.7 Å². The Bertz CT molecular complexity index is 3440. The van der Waals surface area contributed by atoms with Crippen molar-refractivity contribution in [3.63, 3.8) is 0 Å². The van der Waals surface area contributed by atoms with Crippen LogP contribution in [0, 0.1) is 5.92 Å². The molecule has 3 aliphatic heterocycles. The number of carbonyl (C=O) groups is 9. The Hall–Kier alpha value is -9.40. The summed E-state index contributed by atoms with van der Waals surface area (Å²) in [6.07, 6.45) is -3.05. The monoisotopic (exact) mass is 1210 g/mol. The molecule has 26 heteroatoms. The predicted octanol–water partition coefficient (Wildman–Crippen LogP) is 5.54. The third-order valence-electron chi connectivity index (χ3n) is 13.9. The summed E-state index contributed by atoms with van der Waals surface area (Å²) in [7, 11) is 1.66. The van der Waals surface area contributed by atoms with Crippen LogP contribution in [-0.4, -0.2) is 143 Å². The second-order valence-electron chi connectivity index (χ2n) is 20.8. The summed E-state index contributed by atoms with van der Waals surface area (Å²) in [5, 5.41) is 17.1. The maximum Gasteiger partial charge on any atom is 0.428 e. The molecule has 0 unspecified atom stereocenters. The standard InChI is InChI=1S/C60H61N11O13S2/c1-6-68-31-32-69(52(75)51(68)74)57(79)63-44(36-27-29-42(30-28-36)71(61)59(80)81-33-43(55(77)84-60(2,3)4)54(76)82-47(37-19-11-7-12-20-37)38-21-13-8-14-22-38)49(72)62-45-50(73)70-46(41(34-85-53(45)70)35-86-58-64-65-66-67(58)5)56(78)83-48(39-23-15-9-16-24-39)40-25-17-10-18-26-40/h7-30,43-45,47-48,53H,6,31-35,61H2,1-5H3,(H,62,72)(H,63,79)/t43-,44+,45-,53-/m1/s1. The number of carbonyl (C=O) groups excluding carboxylic acids is 9. The molecule has 7 amide bonds. The van der Waals surface area contributed by atoms with Crippen LogP contribution in [-0.2, 0) is 59.6 Å². The number of likely N-dealkylation sites (N-methyl/N-ethyl adjacent to an activating group) is 1. The third-order valence-corrected chi connectivity index (χ3v) is 16.3. The van der Waals surface area contributed by atoms with Crippen molar-refractivity contribution in [1.82, 2.24) is 45.5 Å². The van der Waals surface area contributed by atoms with E-state index >= 15 is 0 Å². The van der Waals surface area contributed by atoms with Gasteiger partial charge in [0.25, 0.3) is 5.91 Å². The smallest absolute Gasteiger partial charge is 0.428 e. The average Bonchev–Trinajstić information content (AvgIpc) is 1.66. The molecule has 9 rings (SSSR count). The second kappa shape index (κ2) is 27.1. The molecule has 6 aromatic rings. The zero-order valence-corrected chi connectivity index (χ0v) is 49.0. The first-order valence-corrected chi connectivity index (χ1v) is 29.2. The number of aromatic nitrogens is 4. The van der Waals surface area contributed by atoms with Gasteiger partial charge in [0.05, 0.1) is 5.69 Å². The number of fused-ring (bicyclic) bond motifs is 1. The minimum Gasteiger partial charge on any atom is -0.459 e. The number of urea groups is 1. The van der Waals surface area contributed by atoms with E-state index in [4.69, 9.17) is 24.8 Å². The summed E-state index contributed by atoms with van der Waals surface area (Å²) >= 11 is 2.51. The summed E-state index contributed by atoms with van der Waals surface area (Å²) in [4.78, 5) is 129. The number of nitrogens with two attached hydrogens (primary N) is 1. The summed E-state index contributed by atoms with van der Waals surface area (Å²) in [6.45, 7) is 5.68. The Morgan fingerprint density at radius 3 is 1.83 bits per heavy atom.